The first-order valence-corrected chi connectivity index (χ1v) is 7.20. The van der Waals surface area contributed by atoms with E-state index in [1.165, 1.54) is 6.42 Å². The average molecular weight is 268 g/mol. The van der Waals surface area contributed by atoms with E-state index in [9.17, 15) is 9.59 Å². The van der Waals surface area contributed by atoms with Crippen molar-refractivity contribution >= 4 is 11.9 Å². The Kier molecular flexibility index (Phi) is 4.13. The zero-order valence-corrected chi connectivity index (χ0v) is 11.6. The Morgan fingerprint density at radius 2 is 2.11 bits per heavy atom. The number of carboxylic acids is 1. The Hall–Kier alpha value is -1.10. The molecule has 0 spiro atoms. The maximum atomic E-state index is 12.4. The second kappa shape index (κ2) is 5.49. The van der Waals surface area contributed by atoms with Crippen LogP contribution in [0.4, 0.5) is 0 Å². The lowest BCUT2D eigenvalue weighted by Gasteiger charge is -2.43. The minimum Gasteiger partial charge on any atom is -0.481 e. The normalized spacial score (nSPS) is 29.7. The molecule has 1 saturated carbocycles. The third kappa shape index (κ3) is 2.91. The van der Waals surface area contributed by atoms with Crippen LogP contribution in [0, 0.1) is 11.3 Å². The Balaban J connectivity index is 1.91. The van der Waals surface area contributed by atoms with Crippen LogP contribution in [-0.4, -0.2) is 41.0 Å². The zero-order chi connectivity index (χ0) is 14.0. The van der Waals surface area contributed by atoms with Gasteiger partial charge in [0.05, 0.1) is 5.92 Å². The summed E-state index contributed by atoms with van der Waals surface area (Å²) < 4.78 is 0. The van der Waals surface area contributed by atoms with Crippen LogP contribution >= 0.6 is 0 Å². The van der Waals surface area contributed by atoms with Gasteiger partial charge in [-0.15, -0.1) is 0 Å². The van der Waals surface area contributed by atoms with E-state index in [0.29, 0.717) is 32.4 Å². The van der Waals surface area contributed by atoms with Gasteiger partial charge in [-0.1, -0.05) is 6.42 Å². The van der Waals surface area contributed by atoms with Gasteiger partial charge in [-0.25, -0.2) is 0 Å². The molecule has 0 radical (unpaired) electrons. The van der Waals surface area contributed by atoms with Crippen molar-refractivity contribution in [2.24, 2.45) is 17.1 Å². The van der Waals surface area contributed by atoms with Crippen molar-refractivity contribution in [3.05, 3.63) is 0 Å². The summed E-state index contributed by atoms with van der Waals surface area (Å²) in [5.41, 5.74) is 5.82. The number of nitrogens with two attached hydrogens (primary N) is 1. The molecule has 5 nitrogen and oxygen atoms in total. The lowest BCUT2D eigenvalue weighted by Crippen LogP contribution is -2.49. The van der Waals surface area contributed by atoms with Crippen LogP contribution in [0.3, 0.4) is 0 Å². The van der Waals surface area contributed by atoms with Crippen LogP contribution in [0.5, 0.6) is 0 Å². The zero-order valence-electron chi connectivity index (χ0n) is 11.6. The van der Waals surface area contributed by atoms with Crippen LogP contribution in [-0.2, 0) is 9.59 Å². The van der Waals surface area contributed by atoms with E-state index >= 15 is 0 Å². The van der Waals surface area contributed by atoms with E-state index in [1.54, 1.807) is 0 Å². The van der Waals surface area contributed by atoms with Crippen LogP contribution < -0.4 is 5.73 Å². The van der Waals surface area contributed by atoms with Gasteiger partial charge < -0.3 is 15.7 Å². The first-order chi connectivity index (χ1) is 8.97. The second-order valence-corrected chi connectivity index (χ2v) is 6.23. The number of likely N-dealkylation sites (tertiary alicyclic amines) is 1. The third-order valence-corrected chi connectivity index (χ3v) is 4.92. The number of carbonyl (C=O) groups excluding carboxylic acids is 1. The average Bonchev–Trinajstić information content (AvgIpc) is 2.33. The summed E-state index contributed by atoms with van der Waals surface area (Å²) in [6.07, 6.45) is 4.94. The van der Waals surface area contributed by atoms with E-state index in [0.717, 1.165) is 12.8 Å². The van der Waals surface area contributed by atoms with Gasteiger partial charge in [-0.3, -0.25) is 9.59 Å². The predicted octanol–water partition coefficient (Wildman–Crippen LogP) is 1.22. The highest BCUT2D eigenvalue weighted by Gasteiger charge is 2.40. The maximum Gasteiger partial charge on any atom is 0.306 e. The highest BCUT2D eigenvalue weighted by molar-refractivity contribution is 5.78. The topological polar surface area (TPSA) is 83.6 Å². The molecule has 19 heavy (non-hydrogen) atoms. The molecule has 1 heterocycles. The Bertz CT molecular complexity index is 360. The van der Waals surface area contributed by atoms with Gasteiger partial charge in [0.1, 0.15) is 0 Å². The molecular weight excluding hydrogens is 244 g/mol. The van der Waals surface area contributed by atoms with Gasteiger partial charge in [0.25, 0.3) is 0 Å². The molecule has 2 aliphatic rings. The standard InChI is InChI=1S/C14H24N2O3/c1-10-7-11(13(18)19)3-6-16(10)12(17)8-14(9-15)4-2-5-14/h10-11H,2-9,15H2,1H3,(H,18,19). The number of rotatable bonds is 4. The predicted molar refractivity (Wildman–Crippen MR) is 71.5 cm³/mol. The van der Waals surface area contributed by atoms with E-state index in [2.05, 4.69) is 0 Å². The molecule has 0 aromatic heterocycles. The number of hydrogen-bond acceptors (Lipinski definition) is 3. The first-order valence-electron chi connectivity index (χ1n) is 7.20. The Morgan fingerprint density at radius 1 is 1.42 bits per heavy atom. The first kappa shape index (κ1) is 14.3. The SMILES string of the molecule is CC1CC(C(=O)O)CCN1C(=O)CC1(CN)CCC1. The minimum absolute atomic E-state index is 0.0252. The van der Waals surface area contributed by atoms with Gasteiger partial charge in [-0.2, -0.15) is 0 Å². The van der Waals surface area contributed by atoms with Crippen molar-refractivity contribution < 1.29 is 14.7 Å². The highest BCUT2D eigenvalue weighted by Crippen LogP contribution is 2.43. The number of hydrogen-bond donors (Lipinski definition) is 2. The third-order valence-electron chi connectivity index (χ3n) is 4.92. The number of carbonyl (C=O) groups is 2. The van der Waals surface area contributed by atoms with Crippen LogP contribution in [0.2, 0.25) is 0 Å². The fraction of sp³-hybridized carbons (Fsp3) is 0.857. The summed E-state index contributed by atoms with van der Waals surface area (Å²) >= 11 is 0. The molecule has 0 bridgehead atoms. The van der Waals surface area contributed by atoms with E-state index in [-0.39, 0.29) is 23.3 Å². The number of nitrogens with zero attached hydrogens (tertiary/aromatic N) is 1. The number of piperidine rings is 1. The number of carboxylic acid groups (broad SMARTS) is 1. The molecule has 1 saturated heterocycles. The molecule has 2 fully saturated rings. The van der Waals surface area contributed by atoms with Crippen molar-refractivity contribution in [1.29, 1.82) is 0 Å². The van der Waals surface area contributed by atoms with Gasteiger partial charge in [-0.05, 0) is 44.6 Å². The molecule has 108 valence electrons. The Labute approximate surface area is 114 Å². The molecule has 1 amide bonds. The van der Waals surface area contributed by atoms with Crippen molar-refractivity contribution in [3.8, 4) is 0 Å². The highest BCUT2D eigenvalue weighted by atomic mass is 16.4. The van der Waals surface area contributed by atoms with E-state index in [4.69, 9.17) is 10.8 Å². The summed E-state index contributed by atoms with van der Waals surface area (Å²) in [7, 11) is 0. The van der Waals surface area contributed by atoms with Crippen molar-refractivity contribution in [2.45, 2.75) is 51.5 Å². The molecule has 2 unspecified atom stereocenters. The quantitative estimate of drug-likeness (QED) is 0.803. The monoisotopic (exact) mass is 268 g/mol. The molecule has 2 atom stereocenters. The van der Waals surface area contributed by atoms with E-state index < -0.39 is 5.97 Å². The van der Waals surface area contributed by atoms with E-state index in [1.807, 2.05) is 11.8 Å². The number of amides is 1. The van der Waals surface area contributed by atoms with Crippen molar-refractivity contribution in [1.82, 2.24) is 4.90 Å². The van der Waals surface area contributed by atoms with Crippen molar-refractivity contribution in [3.63, 3.8) is 0 Å². The molecule has 5 heteroatoms. The lowest BCUT2D eigenvalue weighted by atomic mass is 9.66. The van der Waals surface area contributed by atoms with Crippen LogP contribution in [0.1, 0.15) is 45.4 Å². The smallest absolute Gasteiger partial charge is 0.306 e. The molecule has 3 N–H and O–H groups in total. The second-order valence-electron chi connectivity index (χ2n) is 6.23. The minimum atomic E-state index is -0.739. The van der Waals surface area contributed by atoms with Crippen molar-refractivity contribution in [2.75, 3.05) is 13.1 Å². The molecule has 0 aromatic carbocycles. The molecule has 0 aromatic rings. The van der Waals surface area contributed by atoms with Gasteiger partial charge >= 0.3 is 5.97 Å². The summed E-state index contributed by atoms with van der Waals surface area (Å²) in [4.78, 5) is 25.2. The molecule has 1 aliphatic carbocycles. The van der Waals surface area contributed by atoms with Crippen LogP contribution in [0.15, 0.2) is 0 Å². The maximum absolute atomic E-state index is 12.4. The molecule has 1 aliphatic heterocycles. The Morgan fingerprint density at radius 3 is 2.53 bits per heavy atom. The lowest BCUT2D eigenvalue weighted by molar-refractivity contribution is -0.148. The fourth-order valence-electron chi connectivity index (χ4n) is 3.32. The van der Waals surface area contributed by atoms with Gasteiger partial charge in [0.2, 0.25) is 5.91 Å². The summed E-state index contributed by atoms with van der Waals surface area (Å²) in [5, 5.41) is 9.03. The molecular formula is C14H24N2O3. The summed E-state index contributed by atoms with van der Waals surface area (Å²) in [6, 6.07) is 0.0252. The van der Waals surface area contributed by atoms with Crippen LogP contribution in [0.25, 0.3) is 0 Å². The largest absolute Gasteiger partial charge is 0.481 e. The summed E-state index contributed by atoms with van der Waals surface area (Å²) in [6.45, 7) is 3.10. The fourth-order valence-corrected chi connectivity index (χ4v) is 3.32. The van der Waals surface area contributed by atoms with Gasteiger partial charge in [0, 0.05) is 19.0 Å². The summed E-state index contributed by atoms with van der Waals surface area (Å²) in [5.74, 6) is -0.885. The number of aliphatic carboxylic acids is 1. The molecule has 2 rings (SSSR count). The van der Waals surface area contributed by atoms with Gasteiger partial charge in [0.15, 0.2) is 0 Å².